The third kappa shape index (κ3) is 0.490. The van der Waals surface area contributed by atoms with Crippen LogP contribution in [-0.2, 0) is 0 Å². The number of nitrogens with zero attached hydrogens (tertiary/aromatic N) is 1. The first-order chi connectivity index (χ1) is 2.89. The number of hydrogen-bond donors (Lipinski definition) is 0. The monoisotopic (exact) mass is 99.0 g/mol. The molecule has 1 heterocycles. The summed E-state index contributed by atoms with van der Waals surface area (Å²) in [5.74, 6) is 0.361. The number of nitrogens with one attached hydrogen (secondary N) is 1. The Morgan fingerprint density at radius 1 is 1.83 bits per heavy atom. The third-order valence-corrected chi connectivity index (χ3v) is 1.02. The van der Waals surface area contributed by atoms with E-state index in [1.807, 2.05) is 0 Å². The Morgan fingerprint density at radius 2 is 2.67 bits per heavy atom. The van der Waals surface area contributed by atoms with E-state index >= 15 is 0 Å². The van der Waals surface area contributed by atoms with Crippen LogP contribution in [0.3, 0.4) is 0 Å². The van der Waals surface area contributed by atoms with Gasteiger partial charge in [-0.1, -0.05) is 0 Å². The maximum Gasteiger partial charge on any atom is 0.155 e. The molecule has 1 rings (SSSR count). The Labute approximate surface area is 39.6 Å². The van der Waals surface area contributed by atoms with Crippen molar-refractivity contribution in [2.45, 2.75) is 0 Å². The summed E-state index contributed by atoms with van der Waals surface area (Å²) in [6.45, 7) is 0. The predicted molar refractivity (Wildman–Crippen MR) is 24.9 cm³/mol. The van der Waals surface area contributed by atoms with Gasteiger partial charge in [-0.15, -0.1) is 11.3 Å². The van der Waals surface area contributed by atoms with Gasteiger partial charge in [0.2, 0.25) is 0 Å². The van der Waals surface area contributed by atoms with Gasteiger partial charge in [-0.05, 0) is 0 Å². The standard InChI is InChI=1S/C3H3N2S/c4-3-1-6-2-5-3/h1-2,4H. The summed E-state index contributed by atoms with van der Waals surface area (Å²) in [5.41, 5.74) is 8.42. The van der Waals surface area contributed by atoms with Crippen molar-refractivity contribution in [3.8, 4) is 0 Å². The van der Waals surface area contributed by atoms with Gasteiger partial charge in [0.05, 0.1) is 5.51 Å². The molecular formula is C3H3N2S. The van der Waals surface area contributed by atoms with Gasteiger partial charge in [-0.3, -0.25) is 5.73 Å². The Hall–Kier alpha value is -0.570. The zero-order valence-corrected chi connectivity index (χ0v) is 3.83. The second kappa shape index (κ2) is 1.26. The van der Waals surface area contributed by atoms with Crippen molar-refractivity contribution >= 4 is 17.2 Å². The summed E-state index contributed by atoms with van der Waals surface area (Å²) in [4.78, 5) is 3.60. The van der Waals surface area contributed by atoms with Crippen molar-refractivity contribution in [2.24, 2.45) is 0 Å². The number of aromatic nitrogens is 1. The molecule has 3 heteroatoms. The number of rotatable bonds is 0. The zero-order valence-electron chi connectivity index (χ0n) is 3.01. The van der Waals surface area contributed by atoms with Crippen LogP contribution in [0.2, 0.25) is 0 Å². The average molecular weight is 99.1 g/mol. The first-order valence-electron chi connectivity index (χ1n) is 1.49. The van der Waals surface area contributed by atoms with Crippen molar-refractivity contribution in [3.63, 3.8) is 0 Å². The van der Waals surface area contributed by atoms with E-state index in [2.05, 4.69) is 4.98 Å². The number of hydrogen-bond acceptors (Lipinski definition) is 2. The van der Waals surface area contributed by atoms with Crippen LogP contribution in [-0.4, -0.2) is 4.98 Å². The van der Waals surface area contributed by atoms with E-state index in [1.54, 1.807) is 10.9 Å². The quantitative estimate of drug-likeness (QED) is 0.479. The maximum absolute atomic E-state index is 6.77. The second-order valence-corrected chi connectivity index (χ2v) is 1.59. The SMILES string of the molecule is [NH]c1cscn1. The minimum Gasteiger partial charge on any atom is -0.282 e. The van der Waals surface area contributed by atoms with E-state index in [1.165, 1.54) is 11.3 Å². The van der Waals surface area contributed by atoms with E-state index in [-0.39, 0.29) is 0 Å². The zero-order chi connectivity index (χ0) is 4.41. The Bertz CT molecular complexity index is 112. The summed E-state index contributed by atoms with van der Waals surface area (Å²) < 4.78 is 0. The van der Waals surface area contributed by atoms with Crippen LogP contribution in [0.25, 0.3) is 0 Å². The molecule has 0 amide bonds. The van der Waals surface area contributed by atoms with Crippen LogP contribution in [0.15, 0.2) is 10.9 Å². The van der Waals surface area contributed by atoms with Crippen LogP contribution in [0.5, 0.6) is 0 Å². The fourth-order valence-electron chi connectivity index (χ4n) is 0.213. The smallest absolute Gasteiger partial charge is 0.155 e. The van der Waals surface area contributed by atoms with E-state index < -0.39 is 0 Å². The largest absolute Gasteiger partial charge is 0.282 e. The van der Waals surface area contributed by atoms with Gasteiger partial charge in [-0.25, -0.2) is 4.98 Å². The average Bonchev–Trinajstić information content (AvgIpc) is 1.86. The van der Waals surface area contributed by atoms with Gasteiger partial charge in [0.1, 0.15) is 0 Å². The van der Waals surface area contributed by atoms with Gasteiger partial charge in [0.25, 0.3) is 0 Å². The van der Waals surface area contributed by atoms with Gasteiger partial charge in [-0.2, -0.15) is 0 Å². The molecule has 31 valence electrons. The molecule has 0 bridgehead atoms. The molecule has 0 unspecified atom stereocenters. The van der Waals surface area contributed by atoms with E-state index in [0.717, 1.165) is 0 Å². The molecule has 0 aromatic carbocycles. The number of thiazole rings is 1. The molecule has 0 aliphatic heterocycles. The first kappa shape index (κ1) is 3.61. The summed E-state index contributed by atoms with van der Waals surface area (Å²) >= 11 is 1.44. The van der Waals surface area contributed by atoms with Gasteiger partial charge in [0, 0.05) is 5.38 Å². The molecule has 0 fully saturated rings. The van der Waals surface area contributed by atoms with Crippen LogP contribution in [0.1, 0.15) is 0 Å². The Balaban J connectivity index is 3.05. The fraction of sp³-hybridized carbons (Fsp3) is 0. The topological polar surface area (TPSA) is 36.7 Å². The third-order valence-electron chi connectivity index (χ3n) is 0.432. The highest BCUT2D eigenvalue weighted by Crippen LogP contribution is 2.01. The molecule has 6 heavy (non-hydrogen) atoms. The lowest BCUT2D eigenvalue weighted by atomic mass is 10.9. The van der Waals surface area contributed by atoms with Gasteiger partial charge < -0.3 is 0 Å². The molecule has 1 radical (unpaired) electrons. The summed E-state index contributed by atoms with van der Waals surface area (Å²) in [5, 5.41) is 1.68. The molecular weight excluding hydrogens is 96.1 g/mol. The molecule has 1 aromatic rings. The summed E-state index contributed by atoms with van der Waals surface area (Å²) in [7, 11) is 0. The Morgan fingerprint density at radius 3 is 2.83 bits per heavy atom. The molecule has 0 atom stereocenters. The van der Waals surface area contributed by atoms with Crippen LogP contribution < -0.4 is 5.73 Å². The molecule has 0 spiro atoms. The lowest BCUT2D eigenvalue weighted by molar-refractivity contribution is 1.32. The molecule has 1 aromatic heterocycles. The Kier molecular flexibility index (Phi) is 0.759. The lowest BCUT2D eigenvalue weighted by Crippen LogP contribution is -1.58. The van der Waals surface area contributed by atoms with Crippen LogP contribution >= 0.6 is 11.3 Å². The van der Waals surface area contributed by atoms with Crippen molar-refractivity contribution in [1.82, 2.24) is 10.7 Å². The minimum atomic E-state index is 0.361. The van der Waals surface area contributed by atoms with Crippen molar-refractivity contribution in [1.29, 1.82) is 0 Å². The van der Waals surface area contributed by atoms with Crippen LogP contribution in [0, 0.1) is 0 Å². The van der Waals surface area contributed by atoms with Gasteiger partial charge in [0.15, 0.2) is 5.82 Å². The second-order valence-electron chi connectivity index (χ2n) is 0.874. The van der Waals surface area contributed by atoms with E-state index in [9.17, 15) is 0 Å². The molecule has 1 N–H and O–H groups in total. The highest BCUT2D eigenvalue weighted by Gasteiger charge is 1.78. The molecule has 0 aliphatic carbocycles. The summed E-state index contributed by atoms with van der Waals surface area (Å²) in [6, 6.07) is 0. The van der Waals surface area contributed by atoms with Crippen molar-refractivity contribution in [3.05, 3.63) is 10.9 Å². The van der Waals surface area contributed by atoms with Gasteiger partial charge >= 0.3 is 0 Å². The normalized spacial score (nSPS) is 8.67. The predicted octanol–water partition coefficient (Wildman–Crippen LogP) is 1.06. The van der Waals surface area contributed by atoms with Crippen LogP contribution in [0.4, 0.5) is 5.82 Å². The highest BCUT2D eigenvalue weighted by molar-refractivity contribution is 7.07. The lowest BCUT2D eigenvalue weighted by Gasteiger charge is -1.64. The highest BCUT2D eigenvalue weighted by atomic mass is 32.1. The van der Waals surface area contributed by atoms with Crippen molar-refractivity contribution in [2.75, 3.05) is 0 Å². The van der Waals surface area contributed by atoms with E-state index in [0.29, 0.717) is 5.82 Å². The first-order valence-corrected chi connectivity index (χ1v) is 2.43. The molecule has 0 saturated heterocycles. The summed E-state index contributed by atoms with van der Waals surface area (Å²) in [6.07, 6.45) is 0. The van der Waals surface area contributed by atoms with E-state index in [4.69, 9.17) is 5.73 Å². The molecule has 2 nitrogen and oxygen atoms in total. The maximum atomic E-state index is 6.77. The van der Waals surface area contributed by atoms with Crippen molar-refractivity contribution < 1.29 is 0 Å². The molecule has 0 saturated carbocycles. The fourth-order valence-corrected chi connectivity index (χ4v) is 0.638. The molecule has 0 aliphatic rings. The minimum absolute atomic E-state index is 0.361.